The first-order chi connectivity index (χ1) is 8.12. The Morgan fingerprint density at radius 2 is 1.50 bits per heavy atom. The molecule has 6 nitrogen and oxygen atoms in total. The molecule has 0 aliphatic carbocycles. The highest BCUT2D eigenvalue weighted by atomic mass is 16.7. The van der Waals surface area contributed by atoms with Gasteiger partial charge in [-0.05, 0) is 38.8 Å². The molecule has 6 heteroatoms. The summed E-state index contributed by atoms with van der Waals surface area (Å²) in [5, 5.41) is 49.2. The number of hydrogen-bond acceptors (Lipinski definition) is 6. The summed E-state index contributed by atoms with van der Waals surface area (Å²) in [6, 6.07) is 0. The molecule has 1 saturated heterocycles. The summed E-state index contributed by atoms with van der Waals surface area (Å²) in [7, 11) is 0. The zero-order chi connectivity index (χ0) is 14.2. The van der Waals surface area contributed by atoms with Crippen molar-refractivity contribution in [2.45, 2.75) is 51.8 Å². The molecule has 18 heavy (non-hydrogen) atoms. The summed E-state index contributed by atoms with van der Waals surface area (Å²) < 4.78 is 5.06. The Bertz CT molecular complexity index is 391. The Morgan fingerprint density at radius 1 is 1.00 bits per heavy atom. The average molecular weight is 260 g/mol. The van der Waals surface area contributed by atoms with Crippen LogP contribution in [0.2, 0.25) is 0 Å². The fourth-order valence-corrected chi connectivity index (χ4v) is 1.79. The Morgan fingerprint density at radius 3 is 1.89 bits per heavy atom. The molecule has 0 aromatic rings. The molecule has 1 heterocycles. The van der Waals surface area contributed by atoms with Crippen LogP contribution in [0.3, 0.4) is 0 Å². The lowest BCUT2D eigenvalue weighted by molar-refractivity contribution is -0.217. The monoisotopic (exact) mass is 260 g/mol. The number of aliphatic hydroxyl groups is 5. The maximum Gasteiger partial charge on any atom is 0.255 e. The Balaban J connectivity index is 3.17. The van der Waals surface area contributed by atoms with Gasteiger partial charge in [0.2, 0.25) is 0 Å². The Labute approximate surface area is 105 Å². The third kappa shape index (κ3) is 2.24. The van der Waals surface area contributed by atoms with Crippen LogP contribution in [0.15, 0.2) is 22.7 Å². The van der Waals surface area contributed by atoms with E-state index in [0.29, 0.717) is 11.1 Å². The van der Waals surface area contributed by atoms with Crippen LogP contribution in [0.25, 0.3) is 0 Å². The van der Waals surface area contributed by atoms with Crippen LogP contribution in [0.4, 0.5) is 0 Å². The van der Waals surface area contributed by atoms with E-state index < -0.39 is 29.9 Å². The van der Waals surface area contributed by atoms with Crippen LogP contribution in [0, 0.1) is 0 Å². The maximum absolute atomic E-state index is 10.1. The summed E-state index contributed by atoms with van der Waals surface area (Å²) >= 11 is 0. The molecule has 0 aromatic heterocycles. The van der Waals surface area contributed by atoms with Gasteiger partial charge in [-0.3, -0.25) is 0 Å². The zero-order valence-corrected chi connectivity index (χ0v) is 10.9. The second kappa shape index (κ2) is 4.89. The first-order valence-corrected chi connectivity index (χ1v) is 5.62. The minimum atomic E-state index is -2.41. The highest BCUT2D eigenvalue weighted by molar-refractivity contribution is 5.22. The number of hydrogen-bond donors (Lipinski definition) is 5. The van der Waals surface area contributed by atoms with Crippen LogP contribution in [-0.4, -0.2) is 49.6 Å². The molecular formula is C12H20O6. The van der Waals surface area contributed by atoms with Gasteiger partial charge in [-0.2, -0.15) is 0 Å². The number of rotatable bonds is 2. The van der Waals surface area contributed by atoms with Gasteiger partial charge in [-0.25, -0.2) is 0 Å². The zero-order valence-electron chi connectivity index (χ0n) is 10.9. The summed E-state index contributed by atoms with van der Waals surface area (Å²) in [6.45, 7) is 6.22. The third-order valence-corrected chi connectivity index (χ3v) is 2.94. The van der Waals surface area contributed by atoms with Crippen LogP contribution < -0.4 is 0 Å². The molecule has 0 spiro atoms. The van der Waals surface area contributed by atoms with Crippen molar-refractivity contribution in [3.63, 3.8) is 0 Å². The first kappa shape index (κ1) is 15.0. The van der Waals surface area contributed by atoms with E-state index in [2.05, 4.69) is 0 Å². The van der Waals surface area contributed by atoms with E-state index in [1.165, 1.54) is 13.8 Å². The van der Waals surface area contributed by atoms with E-state index in [0.717, 1.165) is 0 Å². The SMILES string of the molecule is CC(C)=C(O)[C@@H]1O[C@](O)(C(O)=C(C)C)[C@@H](O)[C@@H]1O. The van der Waals surface area contributed by atoms with Crippen molar-refractivity contribution in [3.05, 3.63) is 22.7 Å². The maximum atomic E-state index is 10.1. The van der Waals surface area contributed by atoms with Crippen LogP contribution in [0.5, 0.6) is 0 Å². The molecule has 1 aliphatic rings. The Kier molecular flexibility index (Phi) is 4.07. The van der Waals surface area contributed by atoms with Crippen molar-refractivity contribution in [3.8, 4) is 0 Å². The molecule has 1 rings (SSSR count). The smallest absolute Gasteiger partial charge is 0.255 e. The normalized spacial score (nSPS) is 35.4. The number of aliphatic hydroxyl groups excluding tert-OH is 4. The summed E-state index contributed by atoms with van der Waals surface area (Å²) in [4.78, 5) is 0. The molecule has 1 aliphatic heterocycles. The fraction of sp³-hybridized carbons (Fsp3) is 0.667. The van der Waals surface area contributed by atoms with E-state index in [-0.39, 0.29) is 5.76 Å². The van der Waals surface area contributed by atoms with Gasteiger partial charge < -0.3 is 30.3 Å². The van der Waals surface area contributed by atoms with Crippen molar-refractivity contribution in [2.24, 2.45) is 0 Å². The topological polar surface area (TPSA) is 110 Å². The molecule has 0 unspecified atom stereocenters. The average Bonchev–Trinajstić information content (AvgIpc) is 2.52. The second-order valence-corrected chi connectivity index (χ2v) is 4.90. The summed E-state index contributed by atoms with van der Waals surface area (Å²) in [6.07, 6.45) is -4.57. The van der Waals surface area contributed by atoms with E-state index in [9.17, 15) is 25.5 Å². The van der Waals surface area contributed by atoms with Crippen molar-refractivity contribution in [1.82, 2.24) is 0 Å². The van der Waals surface area contributed by atoms with Gasteiger partial charge >= 0.3 is 0 Å². The van der Waals surface area contributed by atoms with Crippen molar-refractivity contribution < 1.29 is 30.3 Å². The van der Waals surface area contributed by atoms with Crippen molar-refractivity contribution in [1.29, 1.82) is 0 Å². The molecule has 0 saturated carbocycles. The second-order valence-electron chi connectivity index (χ2n) is 4.90. The van der Waals surface area contributed by atoms with E-state index >= 15 is 0 Å². The highest BCUT2D eigenvalue weighted by Gasteiger charge is 2.57. The highest BCUT2D eigenvalue weighted by Crippen LogP contribution is 2.37. The van der Waals surface area contributed by atoms with Gasteiger partial charge in [-0.1, -0.05) is 0 Å². The lowest BCUT2D eigenvalue weighted by Gasteiger charge is -2.26. The van der Waals surface area contributed by atoms with Gasteiger partial charge in [-0.15, -0.1) is 0 Å². The fourth-order valence-electron chi connectivity index (χ4n) is 1.79. The summed E-state index contributed by atoms with van der Waals surface area (Å²) in [5.41, 5.74) is 0.813. The minimum absolute atomic E-state index is 0.279. The van der Waals surface area contributed by atoms with Gasteiger partial charge in [0.15, 0.2) is 5.76 Å². The molecule has 4 atom stereocenters. The van der Waals surface area contributed by atoms with Crippen LogP contribution in [0.1, 0.15) is 27.7 Å². The largest absolute Gasteiger partial charge is 0.510 e. The van der Waals surface area contributed by atoms with Gasteiger partial charge in [0, 0.05) is 0 Å². The van der Waals surface area contributed by atoms with E-state index in [4.69, 9.17) is 4.74 Å². The van der Waals surface area contributed by atoms with E-state index in [1.54, 1.807) is 13.8 Å². The van der Waals surface area contributed by atoms with Gasteiger partial charge in [0.25, 0.3) is 5.79 Å². The van der Waals surface area contributed by atoms with Crippen molar-refractivity contribution >= 4 is 0 Å². The molecule has 0 radical (unpaired) electrons. The lowest BCUT2D eigenvalue weighted by atomic mass is 10.00. The molecule has 5 N–H and O–H groups in total. The Hall–Kier alpha value is -1.08. The molecule has 0 aromatic carbocycles. The molecule has 0 amide bonds. The van der Waals surface area contributed by atoms with Gasteiger partial charge in [0.1, 0.15) is 24.1 Å². The van der Waals surface area contributed by atoms with Crippen LogP contribution >= 0.6 is 0 Å². The lowest BCUT2D eigenvalue weighted by Crippen LogP contribution is -2.45. The third-order valence-electron chi connectivity index (χ3n) is 2.94. The molecule has 0 bridgehead atoms. The molecule has 1 fully saturated rings. The van der Waals surface area contributed by atoms with Crippen molar-refractivity contribution in [2.75, 3.05) is 0 Å². The quantitative estimate of drug-likeness (QED) is 0.462. The number of ether oxygens (including phenoxy) is 1. The van der Waals surface area contributed by atoms with E-state index in [1.807, 2.05) is 0 Å². The van der Waals surface area contributed by atoms with Gasteiger partial charge in [0.05, 0.1) is 0 Å². The molecular weight excluding hydrogens is 240 g/mol. The molecule has 104 valence electrons. The first-order valence-electron chi connectivity index (χ1n) is 5.62. The summed E-state index contributed by atoms with van der Waals surface area (Å²) in [5.74, 6) is -3.26. The minimum Gasteiger partial charge on any atom is -0.510 e. The predicted molar refractivity (Wildman–Crippen MR) is 63.8 cm³/mol. The predicted octanol–water partition coefficient (Wildman–Crippen LogP) is 0.499. The standard InChI is InChI=1S/C12H20O6/c1-5(2)7(13)9-8(14)11(16)12(17,18-9)10(15)6(3)4/h8-9,11,13-17H,1-4H3/t8-,9+,11+,12-/m1/s1. The van der Waals surface area contributed by atoms with Crippen LogP contribution in [-0.2, 0) is 4.74 Å². The number of allylic oxidation sites excluding steroid dienone is 2.